The fourth-order valence-electron chi connectivity index (χ4n) is 1.36. The van der Waals surface area contributed by atoms with Crippen molar-refractivity contribution in [1.82, 2.24) is 0 Å². The van der Waals surface area contributed by atoms with Crippen LogP contribution >= 0.6 is 0 Å². The number of aliphatic carboxylic acids is 1. The highest BCUT2D eigenvalue weighted by Crippen LogP contribution is 2.30. The van der Waals surface area contributed by atoms with Gasteiger partial charge in [0.1, 0.15) is 6.29 Å². The minimum absolute atomic E-state index is 0.0647. The van der Waals surface area contributed by atoms with Crippen LogP contribution in [0.5, 0.6) is 5.75 Å². The van der Waals surface area contributed by atoms with Gasteiger partial charge in [-0.2, -0.15) is 0 Å². The molecule has 0 saturated heterocycles. The summed E-state index contributed by atoms with van der Waals surface area (Å²) in [6.07, 6.45) is -0.0244. The summed E-state index contributed by atoms with van der Waals surface area (Å²) in [7, 11) is 1.23. The molecule has 0 saturated carbocycles. The lowest BCUT2D eigenvalue weighted by atomic mass is 10.0. The summed E-state index contributed by atoms with van der Waals surface area (Å²) in [6, 6.07) is 2.19. The first-order chi connectivity index (χ1) is 7.99. The monoisotopic (exact) mass is 239 g/mol. The summed E-state index contributed by atoms with van der Waals surface area (Å²) < 4.78 is 4.76. The van der Waals surface area contributed by atoms with Crippen molar-refractivity contribution in [2.24, 2.45) is 0 Å². The first kappa shape index (κ1) is 12.6. The van der Waals surface area contributed by atoms with Crippen LogP contribution in [-0.4, -0.2) is 29.4 Å². The molecule has 0 aliphatic heterocycles. The molecule has 0 fully saturated rings. The molecule has 0 bridgehead atoms. The van der Waals surface area contributed by atoms with Gasteiger partial charge in [0.15, 0.2) is 5.75 Å². The van der Waals surface area contributed by atoms with Crippen molar-refractivity contribution < 1.29 is 24.4 Å². The van der Waals surface area contributed by atoms with Crippen molar-refractivity contribution in [3.8, 4) is 5.75 Å². The fourth-order valence-corrected chi connectivity index (χ4v) is 1.36. The van der Waals surface area contributed by atoms with Crippen LogP contribution in [-0.2, 0) is 11.2 Å². The molecule has 1 rings (SSSR count). The number of nitro benzene ring substituents is 1. The first-order valence-corrected chi connectivity index (χ1v) is 4.52. The van der Waals surface area contributed by atoms with Crippen molar-refractivity contribution in [3.05, 3.63) is 33.4 Å². The smallest absolute Gasteiger partial charge is 0.311 e. The molecular formula is C10H9NO6. The van der Waals surface area contributed by atoms with Crippen LogP contribution in [0.25, 0.3) is 0 Å². The van der Waals surface area contributed by atoms with Crippen LogP contribution in [0.15, 0.2) is 12.1 Å². The second-order valence-corrected chi connectivity index (χ2v) is 3.17. The second kappa shape index (κ2) is 5.06. The highest BCUT2D eigenvalue weighted by Gasteiger charge is 2.19. The van der Waals surface area contributed by atoms with Crippen molar-refractivity contribution in [3.63, 3.8) is 0 Å². The topological polar surface area (TPSA) is 107 Å². The third-order valence-electron chi connectivity index (χ3n) is 2.11. The van der Waals surface area contributed by atoms with E-state index in [-0.39, 0.29) is 22.6 Å². The lowest BCUT2D eigenvalue weighted by Crippen LogP contribution is -2.05. The SMILES string of the molecule is COc1cc(C=O)c(CC(=O)O)cc1[N+](=O)[O-]. The Hall–Kier alpha value is -2.44. The van der Waals surface area contributed by atoms with Gasteiger partial charge < -0.3 is 9.84 Å². The quantitative estimate of drug-likeness (QED) is 0.467. The van der Waals surface area contributed by atoms with Crippen molar-refractivity contribution in [1.29, 1.82) is 0 Å². The molecule has 0 atom stereocenters. The summed E-state index contributed by atoms with van der Waals surface area (Å²) in [6.45, 7) is 0. The lowest BCUT2D eigenvalue weighted by Gasteiger charge is -2.06. The number of rotatable bonds is 5. The van der Waals surface area contributed by atoms with Crippen LogP contribution in [0.2, 0.25) is 0 Å². The van der Waals surface area contributed by atoms with Crippen LogP contribution in [0.4, 0.5) is 5.69 Å². The van der Waals surface area contributed by atoms with Crippen LogP contribution in [0, 0.1) is 10.1 Å². The molecular weight excluding hydrogens is 230 g/mol. The minimum atomic E-state index is -1.17. The lowest BCUT2D eigenvalue weighted by molar-refractivity contribution is -0.385. The predicted molar refractivity (Wildman–Crippen MR) is 56.4 cm³/mol. The Morgan fingerprint density at radius 3 is 2.65 bits per heavy atom. The first-order valence-electron chi connectivity index (χ1n) is 4.52. The van der Waals surface area contributed by atoms with E-state index in [1.807, 2.05) is 0 Å². The molecule has 0 heterocycles. The number of carboxylic acid groups (broad SMARTS) is 1. The molecule has 0 spiro atoms. The van der Waals surface area contributed by atoms with Crippen LogP contribution in [0.3, 0.4) is 0 Å². The fraction of sp³-hybridized carbons (Fsp3) is 0.200. The number of hydrogen-bond donors (Lipinski definition) is 1. The van der Waals surface area contributed by atoms with Crippen LogP contribution < -0.4 is 4.74 Å². The second-order valence-electron chi connectivity index (χ2n) is 3.17. The molecule has 7 nitrogen and oxygen atoms in total. The van der Waals surface area contributed by atoms with Crippen LogP contribution in [0.1, 0.15) is 15.9 Å². The summed E-state index contributed by atoms with van der Waals surface area (Å²) >= 11 is 0. The van der Waals surface area contributed by atoms with E-state index in [0.717, 1.165) is 12.1 Å². The van der Waals surface area contributed by atoms with Gasteiger partial charge in [-0.1, -0.05) is 0 Å². The Bertz CT molecular complexity index is 482. The van der Waals surface area contributed by atoms with E-state index in [2.05, 4.69) is 0 Å². The standard InChI is InChI=1S/C10H9NO6/c1-17-9-3-7(5-12)6(4-10(13)14)2-8(9)11(15)16/h2-3,5H,4H2,1H3,(H,13,14). The Balaban J connectivity index is 3.38. The number of benzene rings is 1. The molecule has 0 aliphatic rings. The minimum Gasteiger partial charge on any atom is -0.490 e. The van der Waals surface area contributed by atoms with E-state index in [1.54, 1.807) is 0 Å². The zero-order valence-electron chi connectivity index (χ0n) is 8.87. The average molecular weight is 239 g/mol. The third kappa shape index (κ3) is 2.77. The van der Waals surface area contributed by atoms with Gasteiger partial charge in [0.2, 0.25) is 0 Å². The molecule has 0 amide bonds. The maximum atomic E-state index is 10.7. The largest absolute Gasteiger partial charge is 0.490 e. The Morgan fingerprint density at radius 1 is 1.59 bits per heavy atom. The zero-order valence-corrected chi connectivity index (χ0v) is 8.87. The highest BCUT2D eigenvalue weighted by molar-refractivity contribution is 5.83. The molecule has 17 heavy (non-hydrogen) atoms. The molecule has 1 aromatic rings. The number of aldehydes is 1. The van der Waals surface area contributed by atoms with E-state index in [9.17, 15) is 19.7 Å². The van der Waals surface area contributed by atoms with E-state index in [4.69, 9.17) is 9.84 Å². The Kier molecular flexibility index (Phi) is 3.76. The number of carbonyl (C=O) groups is 2. The summed E-state index contributed by atoms with van der Waals surface area (Å²) in [4.78, 5) is 31.3. The molecule has 0 radical (unpaired) electrons. The van der Waals surface area contributed by atoms with Gasteiger partial charge in [-0.05, 0) is 11.6 Å². The molecule has 7 heteroatoms. The average Bonchev–Trinajstić information content (AvgIpc) is 2.27. The number of ether oxygens (including phenoxy) is 1. The Labute approximate surface area is 95.8 Å². The van der Waals surface area contributed by atoms with Gasteiger partial charge in [0.25, 0.3) is 0 Å². The van der Waals surface area contributed by atoms with Gasteiger partial charge in [-0.25, -0.2) is 0 Å². The maximum absolute atomic E-state index is 10.7. The number of nitrogens with zero attached hydrogens (tertiary/aromatic N) is 1. The molecule has 90 valence electrons. The Morgan fingerprint density at radius 2 is 2.24 bits per heavy atom. The molecule has 0 unspecified atom stereocenters. The number of carbonyl (C=O) groups excluding carboxylic acids is 1. The van der Waals surface area contributed by atoms with Crippen molar-refractivity contribution in [2.45, 2.75) is 6.42 Å². The van der Waals surface area contributed by atoms with Gasteiger partial charge in [-0.15, -0.1) is 0 Å². The summed E-state index contributed by atoms with van der Waals surface area (Å²) in [5.74, 6) is -1.25. The summed E-state index contributed by atoms with van der Waals surface area (Å²) in [5.41, 5.74) is -0.218. The van der Waals surface area contributed by atoms with E-state index in [0.29, 0.717) is 6.29 Å². The molecule has 1 aromatic carbocycles. The van der Waals surface area contributed by atoms with Crippen molar-refractivity contribution >= 4 is 17.9 Å². The third-order valence-corrected chi connectivity index (χ3v) is 2.11. The van der Waals surface area contributed by atoms with Crippen molar-refractivity contribution in [2.75, 3.05) is 7.11 Å². The van der Waals surface area contributed by atoms with Gasteiger partial charge in [0, 0.05) is 11.6 Å². The number of hydrogen-bond acceptors (Lipinski definition) is 5. The van der Waals surface area contributed by atoms with E-state index >= 15 is 0 Å². The van der Waals surface area contributed by atoms with E-state index in [1.165, 1.54) is 7.11 Å². The predicted octanol–water partition coefficient (Wildman–Crippen LogP) is 1.04. The van der Waals surface area contributed by atoms with Gasteiger partial charge >= 0.3 is 11.7 Å². The molecule has 0 aliphatic carbocycles. The zero-order chi connectivity index (χ0) is 13.0. The normalized spacial score (nSPS) is 9.71. The molecule has 0 aromatic heterocycles. The number of methoxy groups -OCH3 is 1. The number of nitro groups is 1. The molecule has 1 N–H and O–H groups in total. The van der Waals surface area contributed by atoms with Gasteiger partial charge in [-0.3, -0.25) is 19.7 Å². The maximum Gasteiger partial charge on any atom is 0.311 e. The highest BCUT2D eigenvalue weighted by atomic mass is 16.6. The van der Waals surface area contributed by atoms with Gasteiger partial charge in [0.05, 0.1) is 18.5 Å². The van der Waals surface area contributed by atoms with E-state index < -0.39 is 17.3 Å². The summed E-state index contributed by atoms with van der Waals surface area (Å²) in [5, 5.41) is 19.3. The number of carboxylic acids is 1.